The summed E-state index contributed by atoms with van der Waals surface area (Å²) in [5.41, 5.74) is 0.385. The van der Waals surface area contributed by atoms with Crippen LogP contribution in [0.1, 0.15) is 33.6 Å². The summed E-state index contributed by atoms with van der Waals surface area (Å²) in [6.07, 6.45) is 2.56. The van der Waals surface area contributed by atoms with Crippen LogP contribution < -0.4 is 10.1 Å². The maximum atomic E-state index is 5.46. The molecule has 1 fully saturated rings. The Balaban J connectivity index is 2.14. The van der Waals surface area contributed by atoms with Crippen LogP contribution in [0.4, 0.5) is 0 Å². The molecule has 1 aliphatic carbocycles. The lowest BCUT2D eigenvalue weighted by Crippen LogP contribution is -2.43. The van der Waals surface area contributed by atoms with Gasteiger partial charge in [0.2, 0.25) is 0 Å². The molecule has 1 aliphatic rings. The van der Waals surface area contributed by atoms with Gasteiger partial charge in [0.1, 0.15) is 5.75 Å². The minimum atomic E-state index is 0.385. The smallest absolute Gasteiger partial charge is 0.132 e. The number of hydrogen-bond acceptors (Lipinski definition) is 3. The van der Waals surface area contributed by atoms with Gasteiger partial charge in [-0.25, -0.2) is 0 Å². The Labute approximate surface area is 121 Å². The van der Waals surface area contributed by atoms with Gasteiger partial charge in [-0.3, -0.25) is 0 Å². The van der Waals surface area contributed by atoms with Crippen LogP contribution in [0.2, 0.25) is 0 Å². The van der Waals surface area contributed by atoms with Crippen molar-refractivity contribution in [1.29, 1.82) is 0 Å². The third-order valence-corrected chi connectivity index (χ3v) is 5.46. The summed E-state index contributed by atoms with van der Waals surface area (Å²) >= 11 is 1.97. The molecule has 2 nitrogen and oxygen atoms in total. The third-order valence-electron chi connectivity index (χ3n) is 4.06. The van der Waals surface area contributed by atoms with Crippen molar-refractivity contribution in [3.63, 3.8) is 0 Å². The highest BCUT2D eigenvalue weighted by Gasteiger charge is 2.41. The van der Waals surface area contributed by atoms with Gasteiger partial charge in [0.25, 0.3) is 0 Å². The predicted octanol–water partition coefficient (Wildman–Crippen LogP) is 3.95. The van der Waals surface area contributed by atoms with Gasteiger partial charge in [-0.2, -0.15) is 0 Å². The van der Waals surface area contributed by atoms with Crippen LogP contribution in [-0.4, -0.2) is 24.9 Å². The van der Waals surface area contributed by atoms with E-state index in [9.17, 15) is 0 Å². The Morgan fingerprint density at radius 3 is 2.79 bits per heavy atom. The zero-order valence-corrected chi connectivity index (χ0v) is 13.2. The van der Waals surface area contributed by atoms with Crippen LogP contribution >= 0.6 is 11.8 Å². The van der Waals surface area contributed by atoms with Crippen LogP contribution in [0.25, 0.3) is 0 Å². The molecule has 2 unspecified atom stereocenters. The van der Waals surface area contributed by atoms with Crippen molar-refractivity contribution in [2.75, 3.05) is 13.7 Å². The van der Waals surface area contributed by atoms with E-state index in [2.05, 4.69) is 38.2 Å². The summed E-state index contributed by atoms with van der Waals surface area (Å²) in [6.45, 7) is 7.99. The Bertz CT molecular complexity index is 419. The number of nitrogens with one attached hydrogen (secondary N) is 1. The Morgan fingerprint density at radius 2 is 2.11 bits per heavy atom. The normalized spacial score (nSPS) is 25.5. The van der Waals surface area contributed by atoms with E-state index in [1.807, 2.05) is 23.9 Å². The first-order valence-corrected chi connectivity index (χ1v) is 7.99. The average Bonchev–Trinajstić information content (AvgIpc) is 2.67. The highest BCUT2D eigenvalue weighted by atomic mass is 32.2. The first kappa shape index (κ1) is 14.7. The van der Waals surface area contributed by atoms with Gasteiger partial charge in [0.05, 0.1) is 7.11 Å². The monoisotopic (exact) mass is 279 g/mol. The molecular weight excluding hydrogens is 254 g/mol. The molecule has 0 saturated heterocycles. The minimum absolute atomic E-state index is 0.385. The molecule has 0 amide bonds. The van der Waals surface area contributed by atoms with E-state index in [4.69, 9.17) is 4.74 Å². The second-order valence-corrected chi connectivity index (χ2v) is 7.15. The van der Waals surface area contributed by atoms with Crippen LogP contribution in [0.15, 0.2) is 29.2 Å². The molecule has 0 radical (unpaired) electrons. The predicted molar refractivity (Wildman–Crippen MR) is 83.1 cm³/mol. The second-order valence-electron chi connectivity index (χ2n) is 5.87. The Kier molecular flexibility index (Phi) is 4.80. The zero-order valence-electron chi connectivity index (χ0n) is 12.4. The van der Waals surface area contributed by atoms with Crippen LogP contribution in [-0.2, 0) is 0 Å². The number of ether oxygens (including phenoxy) is 1. The van der Waals surface area contributed by atoms with Gasteiger partial charge in [0, 0.05) is 16.2 Å². The highest BCUT2D eigenvalue weighted by molar-refractivity contribution is 8.00. The van der Waals surface area contributed by atoms with Crippen molar-refractivity contribution >= 4 is 11.8 Å². The second kappa shape index (κ2) is 6.19. The maximum absolute atomic E-state index is 5.46. The van der Waals surface area contributed by atoms with E-state index < -0.39 is 0 Å². The first-order valence-electron chi connectivity index (χ1n) is 7.11. The number of methoxy groups -OCH3 is 1. The van der Waals surface area contributed by atoms with E-state index in [0.29, 0.717) is 16.7 Å². The number of rotatable bonds is 5. The maximum Gasteiger partial charge on any atom is 0.132 e. The lowest BCUT2D eigenvalue weighted by atomic mass is 9.87. The van der Waals surface area contributed by atoms with Crippen LogP contribution in [0, 0.1) is 5.41 Å². The molecular formula is C16H25NOS. The molecule has 1 N–H and O–H groups in total. The third kappa shape index (κ3) is 3.26. The van der Waals surface area contributed by atoms with Gasteiger partial charge in [-0.1, -0.05) is 32.9 Å². The fourth-order valence-electron chi connectivity index (χ4n) is 2.97. The Hall–Kier alpha value is -0.670. The molecule has 1 saturated carbocycles. The number of thioether (sulfide) groups is 1. The van der Waals surface area contributed by atoms with Crippen molar-refractivity contribution in [2.24, 2.45) is 5.41 Å². The Morgan fingerprint density at radius 1 is 1.37 bits per heavy atom. The first-order chi connectivity index (χ1) is 9.08. The average molecular weight is 279 g/mol. The molecule has 0 aromatic heterocycles. The molecule has 1 aromatic rings. The van der Waals surface area contributed by atoms with Gasteiger partial charge in [-0.15, -0.1) is 11.8 Å². The molecule has 19 heavy (non-hydrogen) atoms. The van der Waals surface area contributed by atoms with Gasteiger partial charge in [-0.05, 0) is 36.9 Å². The van der Waals surface area contributed by atoms with Crippen LogP contribution in [0.5, 0.6) is 5.75 Å². The molecule has 0 spiro atoms. The molecule has 106 valence electrons. The quantitative estimate of drug-likeness (QED) is 0.881. The number of para-hydroxylation sites is 1. The molecule has 0 aliphatic heterocycles. The molecule has 0 bridgehead atoms. The van der Waals surface area contributed by atoms with Gasteiger partial charge < -0.3 is 10.1 Å². The SMILES string of the molecule is CCNC1C(Sc2ccccc2OC)CCC1(C)C. The molecule has 2 atom stereocenters. The molecule has 0 heterocycles. The molecule has 2 rings (SSSR count). The van der Waals surface area contributed by atoms with Gasteiger partial charge >= 0.3 is 0 Å². The van der Waals surface area contributed by atoms with E-state index in [1.54, 1.807) is 7.11 Å². The van der Waals surface area contributed by atoms with Crippen molar-refractivity contribution in [1.82, 2.24) is 5.32 Å². The number of hydrogen-bond donors (Lipinski definition) is 1. The van der Waals surface area contributed by atoms with E-state index in [1.165, 1.54) is 17.7 Å². The molecule has 1 aromatic carbocycles. The summed E-state index contributed by atoms with van der Waals surface area (Å²) in [5, 5.41) is 4.31. The van der Waals surface area contributed by atoms with Gasteiger partial charge in [0.15, 0.2) is 0 Å². The van der Waals surface area contributed by atoms with E-state index in [-0.39, 0.29) is 0 Å². The molecule has 3 heteroatoms. The summed E-state index contributed by atoms with van der Waals surface area (Å²) < 4.78 is 5.46. The number of benzene rings is 1. The summed E-state index contributed by atoms with van der Waals surface area (Å²) in [5.74, 6) is 0.993. The van der Waals surface area contributed by atoms with Crippen LogP contribution in [0.3, 0.4) is 0 Å². The minimum Gasteiger partial charge on any atom is -0.496 e. The van der Waals surface area contributed by atoms with Crippen molar-refractivity contribution < 1.29 is 4.74 Å². The fourth-order valence-corrected chi connectivity index (χ4v) is 4.56. The largest absolute Gasteiger partial charge is 0.496 e. The summed E-state index contributed by atoms with van der Waals surface area (Å²) in [7, 11) is 1.75. The van der Waals surface area contributed by atoms with E-state index in [0.717, 1.165) is 12.3 Å². The highest BCUT2D eigenvalue weighted by Crippen LogP contribution is 2.46. The van der Waals surface area contributed by atoms with Crippen molar-refractivity contribution in [2.45, 2.75) is 49.8 Å². The standard InChI is InChI=1S/C16H25NOS/c1-5-17-15-14(10-11-16(15,2)3)19-13-9-7-6-8-12(13)18-4/h6-9,14-15,17H,5,10-11H2,1-4H3. The van der Waals surface area contributed by atoms with E-state index >= 15 is 0 Å². The lowest BCUT2D eigenvalue weighted by Gasteiger charge is -2.31. The van der Waals surface area contributed by atoms with Crippen molar-refractivity contribution in [3.05, 3.63) is 24.3 Å². The summed E-state index contributed by atoms with van der Waals surface area (Å²) in [4.78, 5) is 1.26. The summed E-state index contributed by atoms with van der Waals surface area (Å²) in [6, 6.07) is 8.91. The topological polar surface area (TPSA) is 21.3 Å². The zero-order chi connectivity index (χ0) is 13.9. The lowest BCUT2D eigenvalue weighted by molar-refractivity contribution is 0.290. The van der Waals surface area contributed by atoms with Crippen molar-refractivity contribution in [3.8, 4) is 5.75 Å². The fraction of sp³-hybridized carbons (Fsp3) is 0.625.